The van der Waals surface area contributed by atoms with Crippen molar-refractivity contribution >= 4 is 11.9 Å². The molecule has 0 heterocycles. The minimum absolute atomic E-state index is 1.35. The summed E-state index contributed by atoms with van der Waals surface area (Å²) in [6.07, 6.45) is 6.53. The lowest BCUT2D eigenvalue weighted by molar-refractivity contribution is -0.929. The maximum atomic E-state index is 9.77. The Morgan fingerprint density at radius 1 is 0.630 bits per heavy atom. The summed E-state index contributed by atoms with van der Waals surface area (Å²) in [5, 5.41) is 32.5. The Kier molecular flexibility index (Phi) is 17.6. The Labute approximate surface area is 164 Å². The van der Waals surface area contributed by atoms with E-state index in [0.29, 0.717) is 0 Å². The van der Waals surface area contributed by atoms with Crippen LogP contribution in [0.5, 0.6) is 0 Å². The van der Waals surface area contributed by atoms with E-state index in [2.05, 4.69) is 27.7 Å². The van der Waals surface area contributed by atoms with Crippen LogP contribution in [0.1, 0.15) is 79.1 Å². The van der Waals surface area contributed by atoms with Gasteiger partial charge in [0.2, 0.25) is 0 Å². The van der Waals surface area contributed by atoms with Gasteiger partial charge in [-0.2, -0.15) is 0 Å². The number of aliphatic carboxylic acids is 2. The predicted molar refractivity (Wildman–Crippen MR) is 107 cm³/mol. The van der Waals surface area contributed by atoms with Crippen LogP contribution in [-0.2, 0) is 9.59 Å². The molecule has 0 radical (unpaired) electrons. The molecule has 0 aromatic carbocycles. The van der Waals surface area contributed by atoms with E-state index in [1.54, 1.807) is 0 Å². The minimum atomic E-state index is -2.27. The molecule has 0 fully saturated rings. The molecule has 27 heavy (non-hydrogen) atoms. The van der Waals surface area contributed by atoms with Crippen molar-refractivity contribution < 1.29 is 34.5 Å². The normalized spacial score (nSPS) is 13.4. The fourth-order valence-electron chi connectivity index (χ4n) is 2.92. The lowest BCUT2D eigenvalue weighted by Crippen LogP contribution is -2.50. The minimum Gasteiger partial charge on any atom is -0.479 e. The smallest absolute Gasteiger partial charge is 0.335 e. The zero-order valence-corrected chi connectivity index (χ0v) is 17.7. The van der Waals surface area contributed by atoms with Crippen molar-refractivity contribution in [2.75, 3.05) is 26.2 Å². The molecule has 0 aliphatic heterocycles. The van der Waals surface area contributed by atoms with Crippen molar-refractivity contribution in [1.29, 1.82) is 0 Å². The summed E-state index contributed by atoms with van der Waals surface area (Å²) >= 11 is 0. The third-order valence-electron chi connectivity index (χ3n) is 4.75. The topological polar surface area (TPSA) is 115 Å². The summed E-state index contributed by atoms with van der Waals surface area (Å²) in [7, 11) is 0. The summed E-state index contributed by atoms with van der Waals surface area (Å²) in [4.78, 5) is 19.5. The van der Waals surface area contributed by atoms with Gasteiger partial charge < -0.3 is 24.9 Å². The number of carbonyl (C=O) groups is 2. The quantitative estimate of drug-likeness (QED) is 0.319. The Morgan fingerprint density at radius 2 is 0.852 bits per heavy atom. The molecular formula is C20H42NO6+. The van der Waals surface area contributed by atoms with Gasteiger partial charge >= 0.3 is 11.9 Å². The van der Waals surface area contributed by atoms with E-state index in [4.69, 9.17) is 20.4 Å². The molecule has 0 bridgehead atoms. The van der Waals surface area contributed by atoms with Crippen LogP contribution in [0.3, 0.4) is 0 Å². The van der Waals surface area contributed by atoms with E-state index in [-0.39, 0.29) is 0 Å². The number of hydrogen-bond donors (Lipinski definition) is 4. The standard InChI is InChI=1S/C16H36N.C4H6O6/c1-5-9-13-17(14-10-6-2,15-11-7-3)16-12-8-4;5-1(3(7)8)2(6)4(9)10/h5-16H2,1-4H3;1-2,5-6H,(H,7,8)(H,9,10)/q+1;. The molecule has 0 aromatic rings. The van der Waals surface area contributed by atoms with E-state index >= 15 is 0 Å². The maximum absolute atomic E-state index is 9.77. The molecule has 162 valence electrons. The fraction of sp³-hybridized carbons (Fsp3) is 0.900. The van der Waals surface area contributed by atoms with Gasteiger partial charge in [-0.05, 0) is 25.7 Å². The predicted octanol–water partition coefficient (Wildman–Crippen LogP) is 2.88. The van der Waals surface area contributed by atoms with Crippen molar-refractivity contribution in [1.82, 2.24) is 0 Å². The first kappa shape index (κ1) is 28.0. The van der Waals surface area contributed by atoms with Crippen LogP contribution in [0.15, 0.2) is 0 Å². The van der Waals surface area contributed by atoms with Gasteiger partial charge in [-0.15, -0.1) is 0 Å². The zero-order valence-electron chi connectivity index (χ0n) is 17.7. The molecule has 7 nitrogen and oxygen atoms in total. The molecule has 0 aliphatic rings. The highest BCUT2D eigenvalue weighted by Gasteiger charge is 2.29. The third-order valence-corrected chi connectivity index (χ3v) is 4.75. The Morgan fingerprint density at radius 3 is 1.00 bits per heavy atom. The molecule has 0 rings (SSSR count). The van der Waals surface area contributed by atoms with E-state index in [0.717, 1.165) is 0 Å². The molecule has 0 saturated heterocycles. The van der Waals surface area contributed by atoms with Gasteiger partial charge in [0.15, 0.2) is 12.2 Å². The van der Waals surface area contributed by atoms with Gasteiger partial charge in [0.05, 0.1) is 26.2 Å². The van der Waals surface area contributed by atoms with Crippen molar-refractivity contribution in [3.05, 3.63) is 0 Å². The number of unbranched alkanes of at least 4 members (excludes halogenated alkanes) is 4. The monoisotopic (exact) mass is 392 g/mol. The number of aliphatic hydroxyl groups is 2. The summed E-state index contributed by atoms with van der Waals surface area (Å²) < 4.78 is 1.42. The van der Waals surface area contributed by atoms with Gasteiger partial charge in [-0.1, -0.05) is 53.4 Å². The molecule has 2 unspecified atom stereocenters. The lowest BCUT2D eigenvalue weighted by Gasteiger charge is -2.39. The third kappa shape index (κ3) is 13.6. The maximum Gasteiger partial charge on any atom is 0.335 e. The van der Waals surface area contributed by atoms with Crippen molar-refractivity contribution in [2.24, 2.45) is 0 Å². The average molecular weight is 393 g/mol. The van der Waals surface area contributed by atoms with Crippen molar-refractivity contribution in [3.63, 3.8) is 0 Å². The first-order valence-corrected chi connectivity index (χ1v) is 10.4. The van der Waals surface area contributed by atoms with Crippen LogP contribution < -0.4 is 0 Å². The highest BCUT2D eigenvalue weighted by atomic mass is 16.4. The molecule has 7 heteroatoms. The number of nitrogens with zero attached hydrogens (tertiary/aromatic N) is 1. The molecule has 0 amide bonds. The molecule has 0 aromatic heterocycles. The number of carboxylic acid groups (broad SMARTS) is 2. The first-order valence-electron chi connectivity index (χ1n) is 10.4. The van der Waals surface area contributed by atoms with Crippen LogP contribution in [0.25, 0.3) is 0 Å². The molecule has 4 N–H and O–H groups in total. The van der Waals surface area contributed by atoms with Gasteiger partial charge in [-0.25, -0.2) is 9.59 Å². The largest absolute Gasteiger partial charge is 0.479 e. The number of rotatable bonds is 15. The summed E-state index contributed by atoms with van der Waals surface area (Å²) in [6.45, 7) is 15.0. The fourth-order valence-corrected chi connectivity index (χ4v) is 2.92. The van der Waals surface area contributed by atoms with Gasteiger partial charge in [-0.3, -0.25) is 0 Å². The van der Waals surface area contributed by atoms with Gasteiger partial charge in [0.25, 0.3) is 0 Å². The summed E-state index contributed by atoms with van der Waals surface area (Å²) in [5.41, 5.74) is 0. The van der Waals surface area contributed by atoms with Gasteiger partial charge in [0.1, 0.15) is 0 Å². The van der Waals surface area contributed by atoms with Crippen LogP contribution in [0.2, 0.25) is 0 Å². The van der Waals surface area contributed by atoms with Crippen molar-refractivity contribution in [2.45, 2.75) is 91.3 Å². The zero-order chi connectivity index (χ0) is 21.3. The van der Waals surface area contributed by atoms with E-state index in [9.17, 15) is 9.59 Å². The van der Waals surface area contributed by atoms with E-state index in [1.807, 2.05) is 0 Å². The highest BCUT2D eigenvalue weighted by Crippen LogP contribution is 2.16. The average Bonchev–Trinajstić information content (AvgIpc) is 2.66. The van der Waals surface area contributed by atoms with Crippen molar-refractivity contribution in [3.8, 4) is 0 Å². The number of hydrogen-bond acceptors (Lipinski definition) is 4. The van der Waals surface area contributed by atoms with E-state index < -0.39 is 24.1 Å². The number of aliphatic hydroxyl groups excluding tert-OH is 2. The lowest BCUT2D eigenvalue weighted by atomic mass is 10.1. The molecular weight excluding hydrogens is 350 g/mol. The Bertz CT molecular complexity index is 333. The van der Waals surface area contributed by atoms with Gasteiger partial charge in [0, 0.05) is 0 Å². The van der Waals surface area contributed by atoms with E-state index in [1.165, 1.54) is 82.0 Å². The molecule has 2 atom stereocenters. The van der Waals surface area contributed by atoms with Crippen LogP contribution in [0, 0.1) is 0 Å². The molecule has 0 spiro atoms. The highest BCUT2D eigenvalue weighted by molar-refractivity contribution is 5.83. The number of carboxylic acids is 2. The number of quaternary nitrogens is 1. The molecule has 0 aliphatic carbocycles. The second kappa shape index (κ2) is 17.0. The van der Waals surface area contributed by atoms with Crippen LogP contribution in [-0.4, -0.2) is 75.2 Å². The van der Waals surface area contributed by atoms with Crippen LogP contribution in [0.4, 0.5) is 0 Å². The SMILES string of the molecule is CCCC[N+](CCCC)(CCCC)CCCC.O=C(O)C(O)C(O)C(=O)O. The Balaban J connectivity index is 0. The second-order valence-electron chi connectivity index (χ2n) is 7.22. The summed E-state index contributed by atoms with van der Waals surface area (Å²) in [5.74, 6) is -3.54. The van der Waals surface area contributed by atoms with Crippen LogP contribution >= 0.6 is 0 Å². The summed E-state index contributed by atoms with van der Waals surface area (Å²) in [6, 6.07) is 0. The molecule has 0 saturated carbocycles. The second-order valence-corrected chi connectivity index (χ2v) is 7.22. The Hall–Kier alpha value is -1.18. The first-order chi connectivity index (χ1) is 12.7.